The van der Waals surface area contributed by atoms with Gasteiger partial charge in [-0.1, -0.05) is 6.92 Å². The molecule has 0 radical (unpaired) electrons. The van der Waals surface area contributed by atoms with Gasteiger partial charge in [0.05, 0.1) is 6.10 Å². The van der Waals surface area contributed by atoms with Gasteiger partial charge in [0.25, 0.3) is 0 Å². The maximum atomic E-state index is 5.44. The molecular weight excluding hydrogens is 226 g/mol. The normalized spacial score (nSPS) is 35.8. The standard InChI is InChI=1S/C14H29N3O/c1-4-13-11-16(2)6-5-7-17(13)10-12-8-14(18-3)9-15-12/h12-15H,4-11H2,1-3H3. The minimum atomic E-state index is 0.421. The summed E-state index contributed by atoms with van der Waals surface area (Å²) in [6.07, 6.45) is 4.14. The SMILES string of the molecule is CCC1CN(C)CCCN1CC1CC(OC)CN1. The monoisotopic (exact) mass is 255 g/mol. The maximum Gasteiger partial charge on any atom is 0.0711 e. The first-order valence-electron chi connectivity index (χ1n) is 7.41. The second-order valence-corrected chi connectivity index (χ2v) is 5.87. The van der Waals surface area contributed by atoms with Crippen LogP contribution in [0.1, 0.15) is 26.2 Å². The number of hydrogen-bond donors (Lipinski definition) is 1. The fraction of sp³-hybridized carbons (Fsp3) is 1.00. The van der Waals surface area contributed by atoms with Crippen LogP contribution in [0, 0.1) is 0 Å². The number of hydrogen-bond acceptors (Lipinski definition) is 4. The van der Waals surface area contributed by atoms with E-state index >= 15 is 0 Å². The summed E-state index contributed by atoms with van der Waals surface area (Å²) in [5.41, 5.74) is 0. The number of methoxy groups -OCH3 is 1. The molecule has 0 bridgehead atoms. The first-order valence-corrected chi connectivity index (χ1v) is 7.41. The highest BCUT2D eigenvalue weighted by Gasteiger charge is 2.29. The molecule has 0 amide bonds. The molecule has 2 fully saturated rings. The maximum absolute atomic E-state index is 5.44. The van der Waals surface area contributed by atoms with Crippen LogP contribution in [0.25, 0.3) is 0 Å². The molecule has 3 atom stereocenters. The van der Waals surface area contributed by atoms with Crippen LogP contribution in [0.15, 0.2) is 0 Å². The zero-order valence-electron chi connectivity index (χ0n) is 12.2. The predicted molar refractivity (Wildman–Crippen MR) is 75.0 cm³/mol. The van der Waals surface area contributed by atoms with Gasteiger partial charge < -0.3 is 15.0 Å². The van der Waals surface area contributed by atoms with E-state index in [9.17, 15) is 0 Å². The Morgan fingerprint density at radius 3 is 2.83 bits per heavy atom. The van der Waals surface area contributed by atoms with Crippen molar-refractivity contribution < 1.29 is 4.74 Å². The molecule has 4 nitrogen and oxygen atoms in total. The van der Waals surface area contributed by atoms with Gasteiger partial charge in [0, 0.05) is 38.8 Å². The summed E-state index contributed by atoms with van der Waals surface area (Å²) in [4.78, 5) is 5.17. The van der Waals surface area contributed by atoms with Crippen molar-refractivity contribution in [2.75, 3.05) is 46.9 Å². The van der Waals surface area contributed by atoms with Crippen LogP contribution < -0.4 is 5.32 Å². The van der Waals surface area contributed by atoms with Gasteiger partial charge in [0.2, 0.25) is 0 Å². The highest BCUT2D eigenvalue weighted by molar-refractivity contribution is 4.87. The average molecular weight is 255 g/mol. The number of ether oxygens (including phenoxy) is 1. The molecule has 106 valence electrons. The van der Waals surface area contributed by atoms with E-state index in [1.807, 2.05) is 7.11 Å². The van der Waals surface area contributed by atoms with E-state index in [4.69, 9.17) is 4.74 Å². The van der Waals surface area contributed by atoms with Gasteiger partial charge in [-0.3, -0.25) is 4.90 Å². The molecule has 2 heterocycles. The van der Waals surface area contributed by atoms with Crippen molar-refractivity contribution in [1.82, 2.24) is 15.1 Å². The van der Waals surface area contributed by atoms with Gasteiger partial charge in [-0.15, -0.1) is 0 Å². The minimum absolute atomic E-state index is 0.421. The Bertz CT molecular complexity index is 249. The molecule has 0 aromatic rings. The quantitative estimate of drug-likeness (QED) is 0.803. The van der Waals surface area contributed by atoms with E-state index in [2.05, 4.69) is 29.1 Å². The Labute approximate surface area is 112 Å². The van der Waals surface area contributed by atoms with E-state index in [-0.39, 0.29) is 0 Å². The Kier molecular flexibility index (Phi) is 5.42. The second kappa shape index (κ2) is 6.85. The van der Waals surface area contributed by atoms with Crippen LogP contribution in [0.3, 0.4) is 0 Å². The lowest BCUT2D eigenvalue weighted by Crippen LogP contribution is -2.45. The van der Waals surface area contributed by atoms with Gasteiger partial charge in [-0.2, -0.15) is 0 Å². The molecule has 0 spiro atoms. The van der Waals surface area contributed by atoms with E-state index in [1.165, 1.54) is 45.4 Å². The molecule has 2 saturated heterocycles. The van der Waals surface area contributed by atoms with Gasteiger partial charge in [-0.05, 0) is 39.4 Å². The van der Waals surface area contributed by atoms with Crippen LogP contribution in [-0.2, 0) is 4.74 Å². The molecule has 18 heavy (non-hydrogen) atoms. The van der Waals surface area contributed by atoms with Crippen LogP contribution in [-0.4, -0.2) is 74.9 Å². The molecule has 0 aliphatic carbocycles. The zero-order valence-corrected chi connectivity index (χ0v) is 12.2. The minimum Gasteiger partial charge on any atom is -0.380 e. The molecule has 0 aromatic heterocycles. The molecule has 2 aliphatic heterocycles. The van der Waals surface area contributed by atoms with E-state index in [1.54, 1.807) is 0 Å². The van der Waals surface area contributed by atoms with Crippen LogP contribution in [0.4, 0.5) is 0 Å². The van der Waals surface area contributed by atoms with Gasteiger partial charge in [-0.25, -0.2) is 0 Å². The number of rotatable bonds is 4. The first kappa shape index (κ1) is 14.3. The summed E-state index contributed by atoms with van der Waals surface area (Å²) in [5, 5.41) is 3.60. The molecule has 3 unspecified atom stereocenters. The average Bonchev–Trinajstić information content (AvgIpc) is 2.74. The Morgan fingerprint density at radius 1 is 1.33 bits per heavy atom. The van der Waals surface area contributed by atoms with E-state index < -0.39 is 0 Å². The predicted octanol–water partition coefficient (Wildman–Crippen LogP) is 0.779. The van der Waals surface area contributed by atoms with Gasteiger partial charge in [0.1, 0.15) is 0 Å². The largest absolute Gasteiger partial charge is 0.380 e. The van der Waals surface area contributed by atoms with Crippen LogP contribution in [0.5, 0.6) is 0 Å². The highest BCUT2D eigenvalue weighted by Crippen LogP contribution is 2.16. The highest BCUT2D eigenvalue weighted by atomic mass is 16.5. The lowest BCUT2D eigenvalue weighted by molar-refractivity contribution is 0.113. The molecule has 2 aliphatic rings. The van der Waals surface area contributed by atoms with Crippen molar-refractivity contribution in [1.29, 1.82) is 0 Å². The van der Waals surface area contributed by atoms with Crippen molar-refractivity contribution >= 4 is 0 Å². The molecule has 4 heteroatoms. The first-order chi connectivity index (χ1) is 8.72. The lowest BCUT2D eigenvalue weighted by atomic mass is 10.1. The summed E-state index contributed by atoms with van der Waals surface area (Å²) in [6, 6.07) is 1.34. The number of nitrogens with one attached hydrogen (secondary N) is 1. The van der Waals surface area contributed by atoms with Crippen molar-refractivity contribution in [3.8, 4) is 0 Å². The van der Waals surface area contributed by atoms with Crippen LogP contribution >= 0.6 is 0 Å². The lowest BCUT2D eigenvalue weighted by Gasteiger charge is -2.32. The van der Waals surface area contributed by atoms with Gasteiger partial charge in [0.15, 0.2) is 0 Å². The Hall–Kier alpha value is -0.160. The third-order valence-corrected chi connectivity index (χ3v) is 4.47. The molecular formula is C14H29N3O. The smallest absolute Gasteiger partial charge is 0.0711 e. The molecule has 0 aromatic carbocycles. The third kappa shape index (κ3) is 3.67. The summed E-state index contributed by atoms with van der Waals surface area (Å²) < 4.78 is 5.44. The summed E-state index contributed by atoms with van der Waals surface area (Å²) in [7, 11) is 4.07. The van der Waals surface area contributed by atoms with E-state index in [0.29, 0.717) is 12.1 Å². The fourth-order valence-corrected chi connectivity index (χ4v) is 3.30. The van der Waals surface area contributed by atoms with Crippen molar-refractivity contribution in [2.24, 2.45) is 0 Å². The molecule has 0 saturated carbocycles. The van der Waals surface area contributed by atoms with E-state index in [0.717, 1.165) is 12.6 Å². The Balaban J connectivity index is 1.86. The zero-order chi connectivity index (χ0) is 13.0. The second-order valence-electron chi connectivity index (χ2n) is 5.87. The number of likely N-dealkylation sites (N-methyl/N-ethyl adjacent to an activating group) is 1. The molecule has 2 rings (SSSR count). The van der Waals surface area contributed by atoms with Crippen LogP contribution in [0.2, 0.25) is 0 Å². The fourth-order valence-electron chi connectivity index (χ4n) is 3.30. The topological polar surface area (TPSA) is 27.7 Å². The summed E-state index contributed by atoms with van der Waals surface area (Å²) in [6.45, 7) is 8.23. The Morgan fingerprint density at radius 2 is 2.17 bits per heavy atom. The van der Waals surface area contributed by atoms with Crippen molar-refractivity contribution in [2.45, 2.75) is 44.4 Å². The third-order valence-electron chi connectivity index (χ3n) is 4.47. The summed E-state index contributed by atoms with van der Waals surface area (Å²) >= 11 is 0. The van der Waals surface area contributed by atoms with Crippen molar-refractivity contribution in [3.63, 3.8) is 0 Å². The number of nitrogens with zero attached hydrogens (tertiary/aromatic N) is 2. The summed E-state index contributed by atoms with van der Waals surface area (Å²) in [5.74, 6) is 0. The van der Waals surface area contributed by atoms with Crippen molar-refractivity contribution in [3.05, 3.63) is 0 Å². The molecule has 1 N–H and O–H groups in total. The van der Waals surface area contributed by atoms with Gasteiger partial charge >= 0.3 is 0 Å².